The molecule has 6 nitrogen and oxygen atoms in total. The first-order chi connectivity index (χ1) is 11.6. The summed E-state index contributed by atoms with van der Waals surface area (Å²) in [6, 6.07) is 0. The predicted octanol–water partition coefficient (Wildman–Crippen LogP) is 2.34. The van der Waals surface area contributed by atoms with Crippen LogP contribution in [0.1, 0.15) is 23.5 Å². The Hall–Kier alpha value is -1.64. The van der Waals surface area contributed by atoms with Gasteiger partial charge in [-0.25, -0.2) is 19.3 Å². The molecule has 0 radical (unpaired) electrons. The molecule has 0 N–H and O–H groups in total. The smallest absolute Gasteiger partial charge is 0.225 e. The fourth-order valence-electron chi connectivity index (χ4n) is 3.28. The molecule has 2 aliphatic rings. The van der Waals surface area contributed by atoms with E-state index in [-0.39, 0.29) is 11.7 Å². The van der Waals surface area contributed by atoms with E-state index in [2.05, 4.69) is 15.0 Å². The van der Waals surface area contributed by atoms with Crippen LogP contribution >= 0.6 is 11.3 Å². The van der Waals surface area contributed by atoms with Gasteiger partial charge in [-0.15, -0.1) is 11.3 Å². The van der Waals surface area contributed by atoms with Crippen LogP contribution in [0, 0.1) is 12.7 Å². The van der Waals surface area contributed by atoms with Crippen LogP contribution in [0.3, 0.4) is 0 Å². The second-order valence-electron chi connectivity index (χ2n) is 6.37. The van der Waals surface area contributed by atoms with Gasteiger partial charge in [0.15, 0.2) is 5.82 Å². The van der Waals surface area contributed by atoms with E-state index in [0.717, 1.165) is 23.5 Å². The van der Waals surface area contributed by atoms with Gasteiger partial charge in [-0.05, 0) is 13.3 Å². The Bertz CT molecular complexity index is 702. The van der Waals surface area contributed by atoms with Crippen molar-refractivity contribution in [3.8, 4) is 0 Å². The van der Waals surface area contributed by atoms with Crippen LogP contribution in [-0.4, -0.2) is 46.4 Å². The summed E-state index contributed by atoms with van der Waals surface area (Å²) >= 11 is 1.64. The van der Waals surface area contributed by atoms with E-state index in [1.165, 1.54) is 12.4 Å². The molecule has 2 fully saturated rings. The predicted molar refractivity (Wildman–Crippen MR) is 87.5 cm³/mol. The van der Waals surface area contributed by atoms with E-state index in [1.54, 1.807) is 11.3 Å². The molecule has 2 aromatic rings. The van der Waals surface area contributed by atoms with Gasteiger partial charge in [0.1, 0.15) is 5.60 Å². The van der Waals surface area contributed by atoms with Crippen molar-refractivity contribution >= 4 is 17.3 Å². The first kappa shape index (κ1) is 15.9. The van der Waals surface area contributed by atoms with Crippen molar-refractivity contribution in [2.45, 2.75) is 38.1 Å². The Balaban J connectivity index is 1.31. The van der Waals surface area contributed by atoms with Crippen LogP contribution in [0.4, 0.5) is 10.3 Å². The monoisotopic (exact) mass is 350 g/mol. The number of aryl methyl sites for hydroxylation is 1. The van der Waals surface area contributed by atoms with Crippen LogP contribution in [0.2, 0.25) is 0 Å². The average molecular weight is 350 g/mol. The molecule has 2 aliphatic heterocycles. The number of ether oxygens (including phenoxy) is 2. The van der Waals surface area contributed by atoms with Crippen molar-refractivity contribution in [1.29, 1.82) is 0 Å². The Labute approximate surface area is 143 Å². The van der Waals surface area contributed by atoms with Crippen LogP contribution in [0.25, 0.3) is 0 Å². The van der Waals surface area contributed by atoms with Crippen LogP contribution < -0.4 is 4.90 Å². The molecule has 2 saturated heterocycles. The Kier molecular flexibility index (Phi) is 4.19. The van der Waals surface area contributed by atoms with E-state index < -0.39 is 5.82 Å². The van der Waals surface area contributed by atoms with E-state index in [0.29, 0.717) is 32.3 Å². The zero-order valence-electron chi connectivity index (χ0n) is 13.4. The highest BCUT2D eigenvalue weighted by Gasteiger charge is 2.48. The van der Waals surface area contributed by atoms with Crippen molar-refractivity contribution in [2.75, 3.05) is 24.6 Å². The topological polar surface area (TPSA) is 60.4 Å². The molecule has 24 heavy (non-hydrogen) atoms. The molecular formula is C16H19FN4O2S. The number of hydrogen-bond donors (Lipinski definition) is 0. The minimum atomic E-state index is -0.423. The van der Waals surface area contributed by atoms with Gasteiger partial charge < -0.3 is 14.4 Å². The second kappa shape index (κ2) is 6.34. The summed E-state index contributed by atoms with van der Waals surface area (Å²) in [6.45, 7) is 4.68. The molecule has 8 heteroatoms. The molecule has 0 amide bonds. The third-order valence-corrected chi connectivity index (χ3v) is 5.25. The first-order valence-corrected chi connectivity index (χ1v) is 8.89. The van der Waals surface area contributed by atoms with Crippen LogP contribution in [-0.2, 0) is 16.1 Å². The maximum Gasteiger partial charge on any atom is 0.225 e. The third kappa shape index (κ3) is 3.26. The van der Waals surface area contributed by atoms with Gasteiger partial charge in [0, 0.05) is 18.4 Å². The van der Waals surface area contributed by atoms with Crippen molar-refractivity contribution in [3.63, 3.8) is 0 Å². The van der Waals surface area contributed by atoms with E-state index >= 15 is 0 Å². The first-order valence-electron chi connectivity index (χ1n) is 8.01. The van der Waals surface area contributed by atoms with Crippen molar-refractivity contribution in [3.05, 3.63) is 34.3 Å². The third-order valence-electron chi connectivity index (χ3n) is 4.43. The zero-order chi connectivity index (χ0) is 16.6. The van der Waals surface area contributed by atoms with Crippen molar-refractivity contribution < 1.29 is 13.9 Å². The van der Waals surface area contributed by atoms with Crippen molar-refractivity contribution in [2.24, 2.45) is 0 Å². The number of rotatable bonds is 4. The summed E-state index contributed by atoms with van der Waals surface area (Å²) < 4.78 is 24.9. The highest BCUT2D eigenvalue weighted by Crippen LogP contribution is 2.36. The summed E-state index contributed by atoms with van der Waals surface area (Å²) in [4.78, 5) is 14.5. The Morgan fingerprint density at radius 3 is 2.92 bits per heavy atom. The largest absolute Gasteiger partial charge is 0.372 e. The maximum atomic E-state index is 12.9. The molecule has 1 unspecified atom stereocenters. The lowest BCUT2D eigenvalue weighted by molar-refractivity contribution is -0.148. The number of anilines is 1. The summed E-state index contributed by atoms with van der Waals surface area (Å²) in [5.74, 6) is 0.125. The second-order valence-corrected chi connectivity index (χ2v) is 7.43. The van der Waals surface area contributed by atoms with Gasteiger partial charge in [0.2, 0.25) is 5.95 Å². The highest BCUT2D eigenvalue weighted by atomic mass is 32.1. The van der Waals surface area contributed by atoms with E-state index in [9.17, 15) is 4.39 Å². The fraction of sp³-hybridized carbons (Fsp3) is 0.562. The molecule has 4 rings (SSSR count). The number of hydrogen-bond acceptors (Lipinski definition) is 7. The zero-order valence-corrected chi connectivity index (χ0v) is 14.3. The Morgan fingerprint density at radius 1 is 1.42 bits per heavy atom. The Morgan fingerprint density at radius 2 is 2.21 bits per heavy atom. The van der Waals surface area contributed by atoms with Gasteiger partial charge in [0.25, 0.3) is 0 Å². The lowest BCUT2D eigenvalue weighted by Crippen LogP contribution is -2.66. The SMILES string of the molecule is Cc1nc(COC2CCOC3(C2)CN(c2ncc(F)cn2)C3)cs1. The normalized spacial score (nSPS) is 22.6. The van der Waals surface area contributed by atoms with E-state index in [4.69, 9.17) is 9.47 Å². The van der Waals surface area contributed by atoms with Gasteiger partial charge >= 0.3 is 0 Å². The molecule has 0 aliphatic carbocycles. The maximum absolute atomic E-state index is 12.9. The summed E-state index contributed by atoms with van der Waals surface area (Å²) in [6.07, 6.45) is 4.32. The number of aromatic nitrogens is 3. The highest BCUT2D eigenvalue weighted by molar-refractivity contribution is 7.09. The molecule has 128 valence electrons. The molecule has 0 saturated carbocycles. The van der Waals surface area contributed by atoms with Gasteiger partial charge in [-0.2, -0.15) is 0 Å². The van der Waals surface area contributed by atoms with Gasteiger partial charge in [0.05, 0.1) is 48.9 Å². The molecular weight excluding hydrogens is 331 g/mol. The number of halogens is 1. The van der Waals surface area contributed by atoms with Gasteiger partial charge in [-0.1, -0.05) is 0 Å². The average Bonchev–Trinajstić information content (AvgIpc) is 2.97. The standard InChI is InChI=1S/C16H19FN4O2S/c1-11-20-13(8-24-11)7-22-14-2-3-23-16(4-14)9-21(10-16)15-18-5-12(17)6-19-15/h5-6,8,14H,2-4,7,9-10H2,1H3. The summed E-state index contributed by atoms with van der Waals surface area (Å²) in [5.41, 5.74) is 0.798. The minimum Gasteiger partial charge on any atom is -0.372 e. The molecule has 2 aromatic heterocycles. The lowest BCUT2D eigenvalue weighted by Gasteiger charge is -2.52. The van der Waals surface area contributed by atoms with E-state index in [1.807, 2.05) is 17.2 Å². The molecule has 1 spiro atoms. The lowest BCUT2D eigenvalue weighted by atomic mass is 9.85. The summed E-state index contributed by atoms with van der Waals surface area (Å²) in [5, 5.41) is 3.10. The fourth-order valence-corrected chi connectivity index (χ4v) is 3.88. The van der Waals surface area contributed by atoms with Crippen LogP contribution in [0.5, 0.6) is 0 Å². The van der Waals surface area contributed by atoms with Crippen molar-refractivity contribution in [1.82, 2.24) is 15.0 Å². The molecule has 0 bridgehead atoms. The minimum absolute atomic E-state index is 0.178. The molecule has 4 heterocycles. The van der Waals surface area contributed by atoms with Gasteiger partial charge in [-0.3, -0.25) is 0 Å². The van der Waals surface area contributed by atoms with Crippen LogP contribution in [0.15, 0.2) is 17.8 Å². The quantitative estimate of drug-likeness (QED) is 0.843. The molecule has 1 atom stereocenters. The number of thiazole rings is 1. The summed E-state index contributed by atoms with van der Waals surface area (Å²) in [7, 11) is 0. The number of nitrogens with zero attached hydrogens (tertiary/aromatic N) is 4. The molecule has 0 aromatic carbocycles.